The second-order valence-electron chi connectivity index (χ2n) is 9.02. The Balaban J connectivity index is 1.79. The summed E-state index contributed by atoms with van der Waals surface area (Å²) in [5, 5.41) is 11.8. The van der Waals surface area contributed by atoms with Gasteiger partial charge in [0.1, 0.15) is 5.41 Å². The zero-order valence-corrected chi connectivity index (χ0v) is 16.9. The molecule has 2 aromatic rings. The summed E-state index contributed by atoms with van der Waals surface area (Å²) in [6.07, 6.45) is 3.38. The third-order valence-corrected chi connectivity index (χ3v) is 7.81. The van der Waals surface area contributed by atoms with Gasteiger partial charge in [-0.2, -0.15) is 0 Å². The number of ether oxygens (including phenoxy) is 1. The highest BCUT2D eigenvalue weighted by molar-refractivity contribution is 5.91. The molecule has 6 rings (SSSR count). The molecule has 1 saturated carbocycles. The molecule has 4 aliphatic rings. The number of rotatable bonds is 3. The van der Waals surface area contributed by atoms with Crippen LogP contribution in [0.5, 0.6) is 0 Å². The average Bonchev–Trinajstić information content (AvgIpc) is 3.04. The molecule has 5 nitrogen and oxygen atoms in total. The Kier molecular flexibility index (Phi) is 4.11. The van der Waals surface area contributed by atoms with Gasteiger partial charge >= 0.3 is 5.97 Å². The minimum absolute atomic E-state index is 0.0730. The van der Waals surface area contributed by atoms with Crippen LogP contribution >= 0.6 is 0 Å². The van der Waals surface area contributed by atoms with E-state index < -0.39 is 11.5 Å². The van der Waals surface area contributed by atoms with Crippen molar-refractivity contribution >= 4 is 16.9 Å². The number of aromatic nitrogens is 1. The Bertz CT molecular complexity index is 920. The minimum Gasteiger partial charge on any atom is -0.468 e. The summed E-state index contributed by atoms with van der Waals surface area (Å²) in [7, 11) is 1.52. The third kappa shape index (κ3) is 2.17. The molecule has 3 aliphatic heterocycles. The van der Waals surface area contributed by atoms with Crippen molar-refractivity contribution in [2.45, 2.75) is 63.1 Å². The number of aromatic amines is 1. The van der Waals surface area contributed by atoms with E-state index in [0.29, 0.717) is 11.8 Å². The van der Waals surface area contributed by atoms with Crippen LogP contribution in [-0.4, -0.2) is 52.8 Å². The van der Waals surface area contributed by atoms with E-state index in [0.717, 1.165) is 43.4 Å². The van der Waals surface area contributed by atoms with Crippen LogP contribution in [0.4, 0.5) is 0 Å². The molecule has 28 heavy (non-hydrogen) atoms. The van der Waals surface area contributed by atoms with Crippen molar-refractivity contribution in [1.82, 2.24) is 9.88 Å². The topological polar surface area (TPSA) is 65.6 Å². The first-order chi connectivity index (χ1) is 13.5. The molecule has 2 N–H and O–H groups in total. The summed E-state index contributed by atoms with van der Waals surface area (Å²) in [6, 6.07) is 8.56. The summed E-state index contributed by atoms with van der Waals surface area (Å²) in [6.45, 7) is 5.01. The van der Waals surface area contributed by atoms with E-state index in [1.54, 1.807) is 0 Å². The molecule has 2 saturated heterocycles. The Morgan fingerprint density at radius 2 is 2.21 bits per heavy atom. The lowest BCUT2D eigenvalue weighted by Crippen LogP contribution is -2.72. The summed E-state index contributed by atoms with van der Waals surface area (Å²) >= 11 is 0. The van der Waals surface area contributed by atoms with Gasteiger partial charge in [-0.25, -0.2) is 0 Å². The number of nitrogens with zero attached hydrogens (tertiary/aromatic N) is 1. The number of hydrogen-bond acceptors (Lipinski definition) is 4. The number of aliphatic hydroxyl groups excluding tert-OH is 1. The van der Waals surface area contributed by atoms with Crippen molar-refractivity contribution in [1.29, 1.82) is 0 Å². The first-order valence-electron chi connectivity index (χ1n) is 10.6. The summed E-state index contributed by atoms with van der Waals surface area (Å²) in [4.78, 5) is 19.6. The quantitative estimate of drug-likeness (QED) is 0.801. The van der Waals surface area contributed by atoms with Gasteiger partial charge in [0.2, 0.25) is 0 Å². The van der Waals surface area contributed by atoms with Crippen LogP contribution in [-0.2, 0) is 21.4 Å². The summed E-state index contributed by atoms with van der Waals surface area (Å²) in [5.41, 5.74) is 2.76. The van der Waals surface area contributed by atoms with E-state index in [2.05, 4.69) is 35.0 Å². The molecule has 0 spiro atoms. The Morgan fingerprint density at radius 1 is 1.43 bits per heavy atom. The van der Waals surface area contributed by atoms with E-state index in [-0.39, 0.29) is 18.1 Å². The van der Waals surface area contributed by atoms with Crippen LogP contribution in [0.2, 0.25) is 0 Å². The molecule has 1 aromatic heterocycles. The van der Waals surface area contributed by atoms with Crippen LogP contribution in [0.25, 0.3) is 10.9 Å². The molecule has 4 bridgehead atoms. The smallest absolute Gasteiger partial charge is 0.319 e. The van der Waals surface area contributed by atoms with Gasteiger partial charge in [-0.1, -0.05) is 31.5 Å². The molecule has 1 unspecified atom stereocenters. The van der Waals surface area contributed by atoms with E-state index >= 15 is 0 Å². The maximum atomic E-state index is 13.5. The van der Waals surface area contributed by atoms with Gasteiger partial charge in [0.25, 0.3) is 0 Å². The lowest BCUT2D eigenvalue weighted by atomic mass is 9.54. The fourth-order valence-electron chi connectivity index (χ4n) is 6.98. The first-order valence-corrected chi connectivity index (χ1v) is 10.6. The Hall–Kier alpha value is -1.85. The number of benzene rings is 1. The van der Waals surface area contributed by atoms with Gasteiger partial charge in [-0.05, 0) is 49.7 Å². The number of methoxy groups -OCH3 is 1. The maximum absolute atomic E-state index is 13.5. The van der Waals surface area contributed by atoms with Gasteiger partial charge in [-0.15, -0.1) is 0 Å². The van der Waals surface area contributed by atoms with Crippen molar-refractivity contribution < 1.29 is 14.6 Å². The molecule has 0 radical (unpaired) electrons. The molecule has 150 valence electrons. The zero-order valence-electron chi connectivity index (χ0n) is 16.9. The number of carbonyl (C=O) groups excluding carboxylic acids is 1. The van der Waals surface area contributed by atoms with Crippen molar-refractivity contribution in [2.24, 2.45) is 11.8 Å². The summed E-state index contributed by atoms with van der Waals surface area (Å²) in [5.74, 6) is 0.612. The van der Waals surface area contributed by atoms with Crippen LogP contribution in [0.3, 0.4) is 0 Å². The standard InChI is InChI=1S/C23H30N2O3/c1-4-14-11-15-12-23(22(27)28-3)20-17(16-7-5-6-8-18(16)24-20)9-10-25(21(14)23)19(15)13(2)26/h5-8,13-15,19,21,24,26H,4,9-12H2,1-3H3/t13-,14-,15+,19+,21-,23+/m0/s1. The molecule has 1 aromatic carbocycles. The number of esters is 1. The normalized spacial score (nSPS) is 37.4. The molecule has 7 atom stereocenters. The third-order valence-electron chi connectivity index (χ3n) is 7.81. The number of piperidine rings is 2. The number of hydrogen-bond donors (Lipinski definition) is 2. The Labute approximate surface area is 166 Å². The highest BCUT2D eigenvalue weighted by Gasteiger charge is 2.65. The number of para-hydroxylation sites is 1. The molecule has 5 heteroatoms. The molecule has 1 aliphatic carbocycles. The second-order valence-corrected chi connectivity index (χ2v) is 9.02. The first kappa shape index (κ1) is 18.2. The Morgan fingerprint density at radius 3 is 2.93 bits per heavy atom. The van der Waals surface area contributed by atoms with E-state index in [4.69, 9.17) is 4.74 Å². The van der Waals surface area contributed by atoms with Gasteiger partial charge in [0.05, 0.1) is 13.2 Å². The van der Waals surface area contributed by atoms with Gasteiger partial charge in [-0.3, -0.25) is 9.69 Å². The predicted molar refractivity (Wildman–Crippen MR) is 108 cm³/mol. The molecular formula is C23H30N2O3. The zero-order chi connectivity index (χ0) is 19.6. The lowest BCUT2D eigenvalue weighted by Gasteiger charge is -2.62. The monoisotopic (exact) mass is 382 g/mol. The van der Waals surface area contributed by atoms with Crippen LogP contribution in [0.15, 0.2) is 24.3 Å². The molecule has 3 fully saturated rings. The van der Waals surface area contributed by atoms with Crippen molar-refractivity contribution in [3.63, 3.8) is 0 Å². The average molecular weight is 383 g/mol. The predicted octanol–water partition coefficient (Wildman–Crippen LogP) is 3.00. The van der Waals surface area contributed by atoms with E-state index in [9.17, 15) is 9.90 Å². The maximum Gasteiger partial charge on any atom is 0.319 e. The number of nitrogens with one attached hydrogen (secondary N) is 1. The van der Waals surface area contributed by atoms with Gasteiger partial charge in [0.15, 0.2) is 0 Å². The highest BCUT2D eigenvalue weighted by Crippen LogP contribution is 2.57. The van der Waals surface area contributed by atoms with Crippen LogP contribution in [0.1, 0.15) is 44.4 Å². The van der Waals surface area contributed by atoms with Crippen molar-refractivity contribution in [3.05, 3.63) is 35.5 Å². The van der Waals surface area contributed by atoms with Gasteiger partial charge < -0.3 is 14.8 Å². The number of aliphatic hydroxyl groups is 1. The van der Waals surface area contributed by atoms with E-state index in [1.165, 1.54) is 18.1 Å². The number of carbonyl (C=O) groups is 1. The summed E-state index contributed by atoms with van der Waals surface area (Å²) < 4.78 is 5.47. The van der Waals surface area contributed by atoms with Crippen LogP contribution in [0, 0.1) is 11.8 Å². The van der Waals surface area contributed by atoms with Crippen LogP contribution < -0.4 is 0 Å². The highest BCUT2D eigenvalue weighted by atomic mass is 16.5. The van der Waals surface area contributed by atoms with Gasteiger partial charge in [0, 0.05) is 35.2 Å². The molecule has 4 heterocycles. The van der Waals surface area contributed by atoms with Crippen molar-refractivity contribution in [2.75, 3.05) is 13.7 Å². The fraction of sp³-hybridized carbons (Fsp3) is 0.609. The SMILES string of the molecule is CC[C@H]1C[C@@H]2C[C@@]3(C(=O)OC)c4[nH]c5ccccc5c4CCN([C@@H]2[C@H](C)O)[C@@H]13. The fourth-order valence-corrected chi connectivity index (χ4v) is 6.98. The number of H-pyrrole nitrogens is 1. The lowest BCUT2D eigenvalue weighted by molar-refractivity contribution is -0.175. The van der Waals surface area contributed by atoms with Crippen molar-refractivity contribution in [3.8, 4) is 0 Å². The number of fused-ring (bicyclic) bond motifs is 4. The largest absolute Gasteiger partial charge is 0.468 e. The second kappa shape index (κ2) is 6.33. The van der Waals surface area contributed by atoms with E-state index in [1.807, 2.05) is 13.0 Å². The molecular weight excluding hydrogens is 352 g/mol. The minimum atomic E-state index is -0.672. The molecule has 0 amide bonds.